The van der Waals surface area contributed by atoms with Crippen LogP contribution in [0.5, 0.6) is 11.5 Å². The smallest absolute Gasteiger partial charge is 0.339 e. The summed E-state index contributed by atoms with van der Waals surface area (Å²) in [6.45, 7) is 2.02. The number of carbonyl (C=O) groups is 2. The fourth-order valence-corrected chi connectivity index (χ4v) is 1.93. The molecule has 6 heteroatoms. The van der Waals surface area contributed by atoms with Gasteiger partial charge in [0.25, 0.3) is 0 Å². The third-order valence-corrected chi connectivity index (χ3v) is 3.00. The number of aromatic carboxylic acids is 1. The van der Waals surface area contributed by atoms with Gasteiger partial charge >= 0.3 is 11.9 Å². The second-order valence-electron chi connectivity index (χ2n) is 4.29. The maximum Gasteiger partial charge on any atom is 0.339 e. The van der Waals surface area contributed by atoms with Crippen molar-refractivity contribution < 1.29 is 24.2 Å². The number of hydrogen-bond acceptors (Lipinski definition) is 4. The normalized spacial score (nSPS) is 10.1. The molecule has 0 fully saturated rings. The van der Waals surface area contributed by atoms with Crippen LogP contribution in [0.3, 0.4) is 0 Å². The zero-order valence-corrected chi connectivity index (χ0v) is 12.5. The van der Waals surface area contributed by atoms with Crippen molar-refractivity contribution in [3.8, 4) is 11.5 Å². The Hall–Kier alpha value is -2.53. The number of hydrogen-bond donors (Lipinski definition) is 1. The Labute approximate surface area is 132 Å². The molecule has 0 saturated heterocycles. The molecule has 22 heavy (non-hydrogen) atoms. The average Bonchev–Trinajstić information content (AvgIpc) is 2.50. The molecule has 114 valence electrons. The molecule has 0 saturated carbocycles. The van der Waals surface area contributed by atoms with Gasteiger partial charge in [-0.15, -0.1) is 0 Å². The monoisotopic (exact) mass is 320 g/mol. The Balaban J connectivity index is 2.21. The highest BCUT2D eigenvalue weighted by molar-refractivity contribution is 6.31. The van der Waals surface area contributed by atoms with Crippen LogP contribution in [0.25, 0.3) is 0 Å². The zero-order chi connectivity index (χ0) is 16.1. The topological polar surface area (TPSA) is 72.8 Å². The molecule has 5 nitrogen and oxygen atoms in total. The van der Waals surface area contributed by atoms with E-state index >= 15 is 0 Å². The third-order valence-electron chi connectivity index (χ3n) is 2.77. The molecule has 2 aromatic rings. The molecule has 0 heterocycles. The first kappa shape index (κ1) is 15.9. The lowest BCUT2D eigenvalue weighted by Crippen LogP contribution is -2.04. The van der Waals surface area contributed by atoms with Crippen LogP contribution in [0.4, 0.5) is 0 Å². The molecule has 1 N–H and O–H groups in total. The van der Waals surface area contributed by atoms with Crippen LogP contribution in [0.15, 0.2) is 42.5 Å². The molecule has 0 amide bonds. The first-order chi connectivity index (χ1) is 10.5. The van der Waals surface area contributed by atoms with Gasteiger partial charge in [-0.2, -0.15) is 0 Å². The average molecular weight is 321 g/mol. The molecule has 0 unspecified atom stereocenters. The van der Waals surface area contributed by atoms with Gasteiger partial charge in [0, 0.05) is 5.02 Å². The summed E-state index contributed by atoms with van der Waals surface area (Å²) in [7, 11) is 0. The van der Waals surface area contributed by atoms with Crippen molar-refractivity contribution in [2.75, 3.05) is 6.61 Å². The summed E-state index contributed by atoms with van der Waals surface area (Å²) < 4.78 is 10.4. The molecule has 2 rings (SSSR count). The van der Waals surface area contributed by atoms with E-state index < -0.39 is 11.9 Å². The number of carboxylic acid groups (broad SMARTS) is 1. The molecule has 0 aliphatic heterocycles. The second kappa shape index (κ2) is 6.95. The van der Waals surface area contributed by atoms with Crippen molar-refractivity contribution in [1.29, 1.82) is 0 Å². The van der Waals surface area contributed by atoms with Gasteiger partial charge in [-0.1, -0.05) is 11.6 Å². The number of halogens is 1. The first-order valence-electron chi connectivity index (χ1n) is 6.49. The minimum absolute atomic E-state index is 0.0398. The van der Waals surface area contributed by atoms with Crippen LogP contribution in [0.1, 0.15) is 27.6 Å². The highest BCUT2D eigenvalue weighted by atomic mass is 35.5. The molecule has 2 aromatic carbocycles. The van der Waals surface area contributed by atoms with Crippen molar-refractivity contribution in [3.63, 3.8) is 0 Å². The lowest BCUT2D eigenvalue weighted by Gasteiger charge is -2.09. The summed E-state index contributed by atoms with van der Waals surface area (Å²) in [5.41, 5.74) is 0.353. The Morgan fingerprint density at radius 2 is 1.82 bits per heavy atom. The largest absolute Gasteiger partial charge is 0.478 e. The molecule has 0 aliphatic carbocycles. The number of carboxylic acids is 1. The summed E-state index contributed by atoms with van der Waals surface area (Å²) >= 11 is 5.78. The Morgan fingerprint density at radius 3 is 2.41 bits per heavy atom. The van der Waals surface area contributed by atoms with E-state index in [0.717, 1.165) is 0 Å². The van der Waals surface area contributed by atoms with Crippen molar-refractivity contribution >= 4 is 23.5 Å². The molecule has 0 aromatic heterocycles. The summed E-state index contributed by atoms with van der Waals surface area (Å²) in [6, 6.07) is 10.5. The summed E-state index contributed by atoms with van der Waals surface area (Å²) in [4.78, 5) is 22.7. The molecular weight excluding hydrogens is 308 g/mol. The van der Waals surface area contributed by atoms with Gasteiger partial charge in [-0.25, -0.2) is 9.59 Å². The molecular formula is C16H13ClO5. The Bertz CT molecular complexity index is 694. The van der Waals surface area contributed by atoms with E-state index in [1.54, 1.807) is 31.2 Å². The maximum atomic E-state index is 11.5. The third kappa shape index (κ3) is 3.77. The van der Waals surface area contributed by atoms with E-state index in [-0.39, 0.29) is 11.3 Å². The van der Waals surface area contributed by atoms with Crippen LogP contribution in [0.2, 0.25) is 5.02 Å². The van der Waals surface area contributed by atoms with Gasteiger partial charge in [0.15, 0.2) is 0 Å². The fourth-order valence-electron chi connectivity index (χ4n) is 1.76. The van der Waals surface area contributed by atoms with Crippen LogP contribution in [-0.2, 0) is 4.74 Å². The van der Waals surface area contributed by atoms with Gasteiger partial charge in [-0.05, 0) is 49.4 Å². The van der Waals surface area contributed by atoms with Crippen LogP contribution >= 0.6 is 11.6 Å². The van der Waals surface area contributed by atoms with Crippen molar-refractivity contribution in [1.82, 2.24) is 0 Å². The van der Waals surface area contributed by atoms with E-state index in [1.165, 1.54) is 18.2 Å². The zero-order valence-electron chi connectivity index (χ0n) is 11.7. The summed E-state index contributed by atoms with van der Waals surface area (Å²) in [5.74, 6) is -0.994. The van der Waals surface area contributed by atoms with Crippen molar-refractivity contribution in [2.45, 2.75) is 6.92 Å². The van der Waals surface area contributed by atoms with Gasteiger partial charge in [0.05, 0.1) is 12.2 Å². The number of rotatable bonds is 5. The minimum atomic E-state index is -1.14. The van der Waals surface area contributed by atoms with Crippen molar-refractivity contribution in [3.05, 3.63) is 58.6 Å². The molecule has 0 aliphatic rings. The lowest BCUT2D eigenvalue weighted by atomic mass is 10.2. The van der Waals surface area contributed by atoms with Gasteiger partial charge in [0.2, 0.25) is 0 Å². The van der Waals surface area contributed by atoms with Crippen molar-refractivity contribution in [2.24, 2.45) is 0 Å². The van der Waals surface area contributed by atoms with E-state index in [4.69, 9.17) is 26.2 Å². The summed E-state index contributed by atoms with van der Waals surface area (Å²) in [5, 5.41) is 9.45. The Morgan fingerprint density at radius 1 is 1.14 bits per heavy atom. The SMILES string of the molecule is CCOC(=O)c1ccc(Oc2ccc(Cl)cc2C(=O)O)cc1. The maximum absolute atomic E-state index is 11.5. The van der Waals surface area contributed by atoms with Gasteiger partial charge < -0.3 is 14.6 Å². The van der Waals surface area contributed by atoms with Gasteiger partial charge in [0.1, 0.15) is 17.1 Å². The highest BCUT2D eigenvalue weighted by Gasteiger charge is 2.13. The Kier molecular flexibility index (Phi) is 5.01. The predicted octanol–water partition coefficient (Wildman–Crippen LogP) is 4.01. The van der Waals surface area contributed by atoms with E-state index in [2.05, 4.69) is 0 Å². The summed E-state index contributed by atoms with van der Waals surface area (Å²) in [6.07, 6.45) is 0. The van der Waals surface area contributed by atoms with Gasteiger partial charge in [-0.3, -0.25) is 0 Å². The van der Waals surface area contributed by atoms with Crippen LogP contribution in [0, 0.1) is 0 Å². The minimum Gasteiger partial charge on any atom is -0.478 e. The number of benzene rings is 2. The first-order valence-corrected chi connectivity index (χ1v) is 6.87. The fraction of sp³-hybridized carbons (Fsp3) is 0.125. The lowest BCUT2D eigenvalue weighted by molar-refractivity contribution is 0.0526. The van der Waals surface area contributed by atoms with Crippen LogP contribution in [-0.4, -0.2) is 23.7 Å². The van der Waals surface area contributed by atoms with E-state index in [0.29, 0.717) is 22.9 Å². The van der Waals surface area contributed by atoms with Crippen LogP contribution < -0.4 is 4.74 Å². The predicted molar refractivity (Wildman–Crippen MR) is 80.9 cm³/mol. The molecule has 0 radical (unpaired) electrons. The number of carbonyl (C=O) groups excluding carboxylic acids is 1. The van der Waals surface area contributed by atoms with E-state index in [9.17, 15) is 9.59 Å². The molecule has 0 bridgehead atoms. The quantitative estimate of drug-likeness (QED) is 0.843. The second-order valence-corrected chi connectivity index (χ2v) is 4.73. The molecule has 0 atom stereocenters. The molecule has 0 spiro atoms. The highest BCUT2D eigenvalue weighted by Crippen LogP contribution is 2.28. The number of esters is 1. The number of ether oxygens (including phenoxy) is 2. The standard InChI is InChI=1S/C16H13ClO5/c1-2-21-16(20)10-3-6-12(7-4-10)22-14-8-5-11(17)9-13(14)15(18)19/h3-9H,2H2,1H3,(H,18,19). The van der Waals surface area contributed by atoms with E-state index in [1.807, 2.05) is 0 Å².